The molecule has 0 atom stereocenters. The molecule has 0 aromatic heterocycles. The monoisotopic (exact) mass is 254 g/mol. The molecule has 2 nitrogen and oxygen atoms in total. The number of rotatable bonds is 1. The second-order valence-electron chi connectivity index (χ2n) is 5.26. The number of aryl methyl sites for hydroxylation is 2. The third-order valence-corrected chi connectivity index (χ3v) is 3.99. The minimum absolute atomic E-state index is 0.944. The second kappa shape index (κ2) is 4.61. The molecule has 1 aliphatic rings. The summed E-state index contributed by atoms with van der Waals surface area (Å²) in [5.74, 6) is 0.944. The fourth-order valence-electron chi connectivity index (χ4n) is 2.47. The van der Waals surface area contributed by atoms with Crippen LogP contribution in [0.3, 0.4) is 0 Å². The summed E-state index contributed by atoms with van der Waals surface area (Å²) in [6.45, 7) is 16.9. The van der Waals surface area contributed by atoms with Crippen molar-refractivity contribution >= 4 is 5.69 Å². The van der Waals surface area contributed by atoms with E-state index in [1.54, 1.807) is 0 Å². The van der Waals surface area contributed by atoms with Gasteiger partial charge in [-0.05, 0) is 44.9 Å². The van der Waals surface area contributed by atoms with E-state index < -0.39 is 0 Å². The van der Waals surface area contributed by atoms with Crippen molar-refractivity contribution < 1.29 is 0 Å². The zero-order valence-corrected chi connectivity index (χ0v) is 12.5. The maximum atomic E-state index is 4.23. The first-order chi connectivity index (χ1) is 8.84. The van der Waals surface area contributed by atoms with Gasteiger partial charge in [-0.25, -0.2) is 0 Å². The van der Waals surface area contributed by atoms with Crippen molar-refractivity contribution in [3.63, 3.8) is 0 Å². The Morgan fingerprint density at radius 1 is 1.00 bits per heavy atom. The minimum Gasteiger partial charge on any atom is -0.335 e. The summed E-state index contributed by atoms with van der Waals surface area (Å²) in [5.41, 5.74) is 7.08. The first-order valence-corrected chi connectivity index (χ1v) is 6.51. The van der Waals surface area contributed by atoms with Crippen LogP contribution in [0, 0.1) is 13.8 Å². The van der Waals surface area contributed by atoms with Crippen LogP contribution in [0.4, 0.5) is 5.69 Å². The van der Waals surface area contributed by atoms with Gasteiger partial charge in [0.05, 0.1) is 5.69 Å². The van der Waals surface area contributed by atoms with Gasteiger partial charge in [-0.1, -0.05) is 30.9 Å². The molecule has 1 heterocycles. The highest BCUT2D eigenvalue weighted by molar-refractivity contribution is 5.67. The van der Waals surface area contributed by atoms with Gasteiger partial charge in [0.1, 0.15) is 5.82 Å². The van der Waals surface area contributed by atoms with Crippen LogP contribution in [-0.4, -0.2) is 11.9 Å². The van der Waals surface area contributed by atoms with Crippen molar-refractivity contribution in [3.05, 3.63) is 65.3 Å². The second-order valence-corrected chi connectivity index (χ2v) is 5.26. The number of hydrogen-bond donors (Lipinski definition) is 0. The van der Waals surface area contributed by atoms with Crippen molar-refractivity contribution in [1.29, 1.82) is 0 Å². The lowest BCUT2D eigenvalue weighted by molar-refractivity contribution is 0.487. The molecule has 2 rings (SSSR count). The van der Waals surface area contributed by atoms with E-state index in [1.165, 1.54) is 22.4 Å². The van der Waals surface area contributed by atoms with Crippen LogP contribution in [0.15, 0.2) is 54.1 Å². The first-order valence-electron chi connectivity index (χ1n) is 6.51. The fourth-order valence-corrected chi connectivity index (χ4v) is 2.47. The number of allylic oxidation sites excluding steroid dienone is 2. The van der Waals surface area contributed by atoms with Gasteiger partial charge in [-0.15, -0.1) is 0 Å². The molecule has 0 N–H and O–H groups in total. The summed E-state index contributed by atoms with van der Waals surface area (Å²) in [7, 11) is 2.05. The van der Waals surface area contributed by atoms with Crippen LogP contribution in [0.2, 0.25) is 0 Å². The highest BCUT2D eigenvalue weighted by atomic mass is 15.3. The molecule has 0 unspecified atom stereocenters. The zero-order chi connectivity index (χ0) is 14.3. The van der Waals surface area contributed by atoms with E-state index in [0.29, 0.717) is 0 Å². The number of nitrogens with zero attached hydrogens (tertiary/aromatic N) is 2. The molecule has 19 heavy (non-hydrogen) atoms. The van der Waals surface area contributed by atoms with Gasteiger partial charge in [0, 0.05) is 18.4 Å². The lowest BCUT2D eigenvalue weighted by Crippen LogP contribution is -2.36. The summed E-state index contributed by atoms with van der Waals surface area (Å²) >= 11 is 0. The Morgan fingerprint density at radius 3 is 2.21 bits per heavy atom. The van der Waals surface area contributed by atoms with E-state index in [-0.39, 0.29) is 0 Å². The van der Waals surface area contributed by atoms with E-state index in [1.807, 2.05) is 7.05 Å². The van der Waals surface area contributed by atoms with E-state index in [0.717, 1.165) is 17.2 Å². The molecular weight excluding hydrogens is 232 g/mol. The molecule has 1 aromatic carbocycles. The summed E-state index contributed by atoms with van der Waals surface area (Å²) in [6, 6.07) is 6.46. The Labute approximate surface area is 116 Å². The summed E-state index contributed by atoms with van der Waals surface area (Å²) in [5, 5.41) is 0. The summed E-state index contributed by atoms with van der Waals surface area (Å²) in [6.07, 6.45) is 0. The Hall–Kier alpha value is -1.96. The van der Waals surface area contributed by atoms with Crippen molar-refractivity contribution in [3.8, 4) is 0 Å². The first kappa shape index (κ1) is 13.5. The Morgan fingerprint density at radius 2 is 1.63 bits per heavy atom. The van der Waals surface area contributed by atoms with Crippen LogP contribution in [0.25, 0.3) is 0 Å². The molecule has 0 fully saturated rings. The zero-order valence-electron chi connectivity index (χ0n) is 12.5. The van der Waals surface area contributed by atoms with Gasteiger partial charge in [0.2, 0.25) is 0 Å². The van der Waals surface area contributed by atoms with Gasteiger partial charge in [0.15, 0.2) is 0 Å². The largest absolute Gasteiger partial charge is 0.335 e. The van der Waals surface area contributed by atoms with Crippen molar-refractivity contribution in [2.45, 2.75) is 27.7 Å². The number of anilines is 1. The van der Waals surface area contributed by atoms with Gasteiger partial charge < -0.3 is 4.90 Å². The van der Waals surface area contributed by atoms with E-state index >= 15 is 0 Å². The van der Waals surface area contributed by atoms with Gasteiger partial charge in [0.25, 0.3) is 0 Å². The molecule has 0 saturated heterocycles. The summed E-state index contributed by atoms with van der Waals surface area (Å²) < 4.78 is 0. The van der Waals surface area contributed by atoms with Crippen LogP contribution in [0.5, 0.6) is 0 Å². The maximum Gasteiger partial charge on any atom is 0.110 e. The predicted molar refractivity (Wildman–Crippen MR) is 82.8 cm³/mol. The molecular formula is C17H22N2. The SMILES string of the molecule is C=C1C(C)=C(C)N(C)C(=C)N1c1ccc(C)cc1C. The molecule has 0 saturated carbocycles. The van der Waals surface area contributed by atoms with Crippen LogP contribution >= 0.6 is 0 Å². The van der Waals surface area contributed by atoms with Crippen molar-refractivity contribution in [2.75, 3.05) is 11.9 Å². The van der Waals surface area contributed by atoms with Crippen LogP contribution in [-0.2, 0) is 0 Å². The maximum absolute atomic E-state index is 4.23. The molecule has 2 heteroatoms. The molecule has 0 amide bonds. The number of benzene rings is 1. The quantitative estimate of drug-likeness (QED) is 0.736. The van der Waals surface area contributed by atoms with Gasteiger partial charge in [-0.3, -0.25) is 4.90 Å². The molecule has 0 radical (unpaired) electrons. The molecule has 0 aliphatic carbocycles. The van der Waals surface area contributed by atoms with Crippen molar-refractivity contribution in [1.82, 2.24) is 4.90 Å². The van der Waals surface area contributed by atoms with Crippen LogP contribution in [0.1, 0.15) is 25.0 Å². The topological polar surface area (TPSA) is 6.48 Å². The van der Waals surface area contributed by atoms with Gasteiger partial charge in [-0.2, -0.15) is 0 Å². The molecule has 1 aromatic rings. The third-order valence-electron chi connectivity index (χ3n) is 3.99. The highest BCUT2D eigenvalue weighted by Gasteiger charge is 2.26. The molecule has 0 bridgehead atoms. The van der Waals surface area contributed by atoms with Crippen LogP contribution < -0.4 is 4.90 Å². The highest BCUT2D eigenvalue weighted by Crippen LogP contribution is 2.36. The lowest BCUT2D eigenvalue weighted by Gasteiger charge is -2.41. The van der Waals surface area contributed by atoms with Crippen molar-refractivity contribution in [2.24, 2.45) is 0 Å². The third kappa shape index (κ3) is 2.07. The standard InChI is InChI=1S/C17H22N2/c1-11-8-9-17(12(2)10-11)19-15(5)13(3)14(4)18(7)16(19)6/h8-10H,5-6H2,1-4,7H3. The Kier molecular flexibility index (Phi) is 3.27. The van der Waals surface area contributed by atoms with Gasteiger partial charge >= 0.3 is 0 Å². The molecule has 0 spiro atoms. The predicted octanol–water partition coefficient (Wildman–Crippen LogP) is 4.33. The average molecular weight is 254 g/mol. The smallest absolute Gasteiger partial charge is 0.110 e. The normalized spacial score (nSPS) is 16.5. The summed E-state index contributed by atoms with van der Waals surface area (Å²) in [4.78, 5) is 4.25. The minimum atomic E-state index is 0.944. The number of hydrogen-bond acceptors (Lipinski definition) is 2. The Bertz CT molecular complexity index is 593. The lowest BCUT2D eigenvalue weighted by atomic mass is 10.0. The van der Waals surface area contributed by atoms with E-state index in [9.17, 15) is 0 Å². The Balaban J connectivity index is 2.56. The molecule has 100 valence electrons. The van der Waals surface area contributed by atoms with E-state index in [2.05, 4.69) is 68.9 Å². The van der Waals surface area contributed by atoms with E-state index in [4.69, 9.17) is 0 Å². The fraction of sp³-hybridized carbons (Fsp3) is 0.294. The average Bonchev–Trinajstić information content (AvgIpc) is 2.37. The molecule has 1 aliphatic heterocycles.